The van der Waals surface area contributed by atoms with Crippen LogP contribution in [-0.2, 0) is 17.8 Å². The zero-order valence-corrected chi connectivity index (χ0v) is 17.4. The van der Waals surface area contributed by atoms with Gasteiger partial charge in [-0.25, -0.2) is 0 Å². The Hall–Kier alpha value is -2.08. The average molecular weight is 404 g/mol. The number of benzene rings is 2. The molecular weight excluding hydrogens is 374 g/mol. The molecule has 3 rings (SSSR count). The van der Waals surface area contributed by atoms with Crippen LogP contribution in [0, 0.1) is 0 Å². The van der Waals surface area contributed by atoms with Crippen LogP contribution >= 0.6 is 12.4 Å². The monoisotopic (exact) mass is 403 g/mol. The van der Waals surface area contributed by atoms with E-state index in [1.54, 1.807) is 7.11 Å². The summed E-state index contributed by atoms with van der Waals surface area (Å²) in [6, 6.07) is 16.8. The van der Waals surface area contributed by atoms with Gasteiger partial charge in [0, 0.05) is 32.2 Å². The number of nitrogens with one attached hydrogen (secondary N) is 2. The van der Waals surface area contributed by atoms with Gasteiger partial charge in [-0.05, 0) is 35.2 Å². The first-order valence-electron chi connectivity index (χ1n) is 9.63. The minimum Gasteiger partial charge on any atom is -0.497 e. The first kappa shape index (κ1) is 22.2. The maximum Gasteiger partial charge on any atom is 0.234 e. The smallest absolute Gasteiger partial charge is 0.234 e. The molecule has 2 aromatic rings. The summed E-state index contributed by atoms with van der Waals surface area (Å²) in [7, 11) is 1.65. The van der Waals surface area contributed by atoms with Gasteiger partial charge in [0.1, 0.15) is 5.75 Å². The van der Waals surface area contributed by atoms with Gasteiger partial charge in [0.05, 0.1) is 13.7 Å². The molecule has 1 aliphatic heterocycles. The maximum absolute atomic E-state index is 12.5. The molecule has 6 heteroatoms. The van der Waals surface area contributed by atoms with E-state index in [1.165, 1.54) is 11.1 Å². The van der Waals surface area contributed by atoms with Gasteiger partial charge in [-0.3, -0.25) is 9.69 Å². The summed E-state index contributed by atoms with van der Waals surface area (Å²) < 4.78 is 5.23. The van der Waals surface area contributed by atoms with Crippen molar-refractivity contribution in [2.45, 2.75) is 25.9 Å². The number of piperazine rings is 1. The van der Waals surface area contributed by atoms with Gasteiger partial charge in [0.25, 0.3) is 0 Å². The first-order chi connectivity index (χ1) is 13.2. The molecule has 2 N–H and O–H groups in total. The molecule has 2 aromatic carbocycles. The number of carbonyl (C=O) groups is 1. The molecular formula is C22H30ClN3O2. The van der Waals surface area contributed by atoms with Crippen LogP contribution in [0.1, 0.15) is 29.7 Å². The molecule has 1 atom stereocenters. The number of carbonyl (C=O) groups excluding carboxylic acids is 1. The third-order valence-corrected chi connectivity index (χ3v) is 5.10. The average Bonchev–Trinajstić information content (AvgIpc) is 2.73. The molecule has 1 unspecified atom stereocenters. The van der Waals surface area contributed by atoms with Gasteiger partial charge in [0.2, 0.25) is 5.91 Å². The fraction of sp³-hybridized carbons (Fsp3) is 0.409. The molecule has 1 aliphatic rings. The van der Waals surface area contributed by atoms with Crippen molar-refractivity contribution in [3.05, 3.63) is 65.2 Å². The highest BCUT2D eigenvalue weighted by molar-refractivity contribution is 5.85. The molecule has 152 valence electrons. The summed E-state index contributed by atoms with van der Waals surface area (Å²) in [5, 5.41) is 6.48. The van der Waals surface area contributed by atoms with E-state index < -0.39 is 0 Å². The Kier molecular flexibility index (Phi) is 8.77. The lowest BCUT2D eigenvalue weighted by Crippen LogP contribution is -2.49. The molecule has 28 heavy (non-hydrogen) atoms. The minimum atomic E-state index is 0. The summed E-state index contributed by atoms with van der Waals surface area (Å²) in [4.78, 5) is 14.8. The molecule has 1 heterocycles. The van der Waals surface area contributed by atoms with Crippen molar-refractivity contribution in [1.29, 1.82) is 0 Å². The predicted octanol–water partition coefficient (Wildman–Crippen LogP) is 2.94. The van der Waals surface area contributed by atoms with Gasteiger partial charge < -0.3 is 15.4 Å². The Morgan fingerprint density at radius 2 is 2.00 bits per heavy atom. The lowest BCUT2D eigenvalue weighted by molar-refractivity contribution is -0.123. The van der Waals surface area contributed by atoms with Crippen LogP contribution in [-0.4, -0.2) is 44.1 Å². The maximum atomic E-state index is 12.5. The summed E-state index contributed by atoms with van der Waals surface area (Å²) >= 11 is 0. The number of hydrogen-bond acceptors (Lipinski definition) is 4. The first-order valence-corrected chi connectivity index (χ1v) is 9.63. The summed E-state index contributed by atoms with van der Waals surface area (Å²) in [5.74, 6) is 0.856. The SMILES string of the molecule is CCc1ccc(C2CNCCN2CC(=O)NCc2cccc(OC)c2)cc1.Cl. The van der Waals surface area contributed by atoms with E-state index in [4.69, 9.17) is 4.74 Å². The molecule has 0 bridgehead atoms. The highest BCUT2D eigenvalue weighted by Gasteiger charge is 2.25. The molecule has 0 aliphatic carbocycles. The Morgan fingerprint density at radius 1 is 1.21 bits per heavy atom. The minimum absolute atomic E-state index is 0. The topological polar surface area (TPSA) is 53.6 Å². The Bertz CT molecular complexity index is 752. The second-order valence-corrected chi connectivity index (χ2v) is 6.91. The number of ether oxygens (including phenoxy) is 1. The Balaban J connectivity index is 0.00000280. The predicted molar refractivity (Wildman–Crippen MR) is 115 cm³/mol. The standard InChI is InChI=1S/C22H29N3O2.ClH/c1-3-17-7-9-19(10-8-17)21-15-23-11-12-25(21)16-22(26)24-14-18-5-4-6-20(13-18)27-2;/h4-10,13,21,23H,3,11-12,14-16H2,1-2H3,(H,24,26);1H. The molecule has 0 aromatic heterocycles. The number of hydrogen-bond donors (Lipinski definition) is 2. The largest absolute Gasteiger partial charge is 0.497 e. The van der Waals surface area contributed by atoms with Crippen LogP contribution in [0.5, 0.6) is 5.75 Å². The Labute approximate surface area is 173 Å². The van der Waals surface area contributed by atoms with E-state index >= 15 is 0 Å². The van der Waals surface area contributed by atoms with Crippen molar-refractivity contribution in [2.24, 2.45) is 0 Å². The van der Waals surface area contributed by atoms with E-state index in [9.17, 15) is 4.79 Å². The second-order valence-electron chi connectivity index (χ2n) is 6.91. The van der Waals surface area contributed by atoms with Crippen LogP contribution in [0.25, 0.3) is 0 Å². The number of halogens is 1. The van der Waals surface area contributed by atoms with Crippen molar-refractivity contribution >= 4 is 18.3 Å². The highest BCUT2D eigenvalue weighted by atomic mass is 35.5. The molecule has 1 amide bonds. The summed E-state index contributed by atoms with van der Waals surface area (Å²) in [6.45, 7) is 5.73. The van der Waals surface area contributed by atoms with Crippen LogP contribution in [0.15, 0.2) is 48.5 Å². The molecule has 1 fully saturated rings. The van der Waals surface area contributed by atoms with Gasteiger partial charge in [-0.2, -0.15) is 0 Å². The zero-order valence-electron chi connectivity index (χ0n) is 16.6. The fourth-order valence-corrected chi connectivity index (χ4v) is 3.46. The van der Waals surface area contributed by atoms with E-state index in [0.717, 1.165) is 37.4 Å². The zero-order chi connectivity index (χ0) is 19.1. The second kappa shape index (κ2) is 11.1. The van der Waals surface area contributed by atoms with Crippen molar-refractivity contribution in [1.82, 2.24) is 15.5 Å². The van der Waals surface area contributed by atoms with Crippen molar-refractivity contribution in [2.75, 3.05) is 33.3 Å². The number of nitrogens with zero attached hydrogens (tertiary/aromatic N) is 1. The summed E-state index contributed by atoms with van der Waals surface area (Å²) in [6.07, 6.45) is 1.04. The van der Waals surface area contributed by atoms with Gasteiger partial charge >= 0.3 is 0 Å². The number of methoxy groups -OCH3 is 1. The van der Waals surface area contributed by atoms with Crippen LogP contribution < -0.4 is 15.4 Å². The third-order valence-electron chi connectivity index (χ3n) is 5.10. The van der Waals surface area contributed by atoms with E-state index in [0.29, 0.717) is 13.1 Å². The molecule has 1 saturated heterocycles. The molecule has 5 nitrogen and oxygen atoms in total. The molecule has 0 radical (unpaired) electrons. The van der Waals surface area contributed by atoms with Gasteiger partial charge in [-0.15, -0.1) is 12.4 Å². The fourth-order valence-electron chi connectivity index (χ4n) is 3.46. The number of aryl methyl sites for hydroxylation is 1. The van der Waals surface area contributed by atoms with Crippen LogP contribution in [0.2, 0.25) is 0 Å². The van der Waals surface area contributed by atoms with E-state index in [-0.39, 0.29) is 24.4 Å². The number of amides is 1. The third kappa shape index (κ3) is 5.96. The quantitative estimate of drug-likeness (QED) is 0.746. The lowest BCUT2D eigenvalue weighted by atomic mass is 10.0. The van der Waals surface area contributed by atoms with Crippen LogP contribution in [0.3, 0.4) is 0 Å². The number of rotatable bonds is 7. The van der Waals surface area contributed by atoms with Crippen molar-refractivity contribution < 1.29 is 9.53 Å². The van der Waals surface area contributed by atoms with E-state index in [2.05, 4.69) is 46.7 Å². The van der Waals surface area contributed by atoms with Gasteiger partial charge in [-0.1, -0.05) is 43.3 Å². The lowest BCUT2D eigenvalue weighted by Gasteiger charge is -2.36. The van der Waals surface area contributed by atoms with Crippen LogP contribution in [0.4, 0.5) is 0 Å². The van der Waals surface area contributed by atoms with Crippen molar-refractivity contribution in [3.8, 4) is 5.75 Å². The Morgan fingerprint density at radius 3 is 2.71 bits per heavy atom. The van der Waals surface area contributed by atoms with Gasteiger partial charge in [0.15, 0.2) is 0 Å². The normalized spacial score (nSPS) is 16.9. The van der Waals surface area contributed by atoms with E-state index in [1.807, 2.05) is 24.3 Å². The van der Waals surface area contributed by atoms with Crippen molar-refractivity contribution in [3.63, 3.8) is 0 Å². The molecule has 0 spiro atoms. The highest BCUT2D eigenvalue weighted by Crippen LogP contribution is 2.22. The summed E-state index contributed by atoms with van der Waals surface area (Å²) in [5.41, 5.74) is 3.64. The molecule has 0 saturated carbocycles.